The van der Waals surface area contributed by atoms with E-state index in [1.807, 2.05) is 0 Å². The maximum absolute atomic E-state index is 13.2. The minimum Gasteiger partial charge on any atom is -0.465 e. The van der Waals surface area contributed by atoms with E-state index < -0.39 is 5.97 Å². The van der Waals surface area contributed by atoms with Gasteiger partial charge in [-0.05, 0) is 24.1 Å². The number of benzene rings is 1. The van der Waals surface area contributed by atoms with Crippen LogP contribution in [0.25, 0.3) is 11.1 Å². The number of hydrogen-bond acceptors (Lipinski definition) is 4. The summed E-state index contributed by atoms with van der Waals surface area (Å²) in [5, 5.41) is 5.06. The molecule has 0 aliphatic carbocycles. The highest BCUT2D eigenvalue weighted by molar-refractivity contribution is 7.15. The number of halogens is 1. The quantitative estimate of drug-likeness (QED) is 0.454. The molecule has 2 aromatic rings. The molecule has 26 heavy (non-hydrogen) atoms. The molecule has 0 spiro atoms. The highest BCUT2D eigenvalue weighted by atomic mass is 32.1. The molecule has 1 amide bonds. The Hall–Kier alpha value is -2.21. The number of hydrogen-bond donors (Lipinski definition) is 1. The van der Waals surface area contributed by atoms with E-state index in [-0.39, 0.29) is 11.7 Å². The van der Waals surface area contributed by atoms with Gasteiger partial charge in [-0.25, -0.2) is 9.18 Å². The van der Waals surface area contributed by atoms with Crippen molar-refractivity contribution >= 4 is 28.2 Å². The third-order valence-corrected chi connectivity index (χ3v) is 4.99. The van der Waals surface area contributed by atoms with E-state index >= 15 is 0 Å². The van der Waals surface area contributed by atoms with Crippen LogP contribution in [0.3, 0.4) is 0 Å². The zero-order valence-corrected chi connectivity index (χ0v) is 16.0. The number of ether oxygens (including phenoxy) is 1. The van der Waals surface area contributed by atoms with Gasteiger partial charge in [0.15, 0.2) is 0 Å². The Morgan fingerprint density at radius 1 is 1.12 bits per heavy atom. The van der Waals surface area contributed by atoms with Crippen LogP contribution in [0.4, 0.5) is 9.39 Å². The van der Waals surface area contributed by atoms with Gasteiger partial charge in [0.05, 0.1) is 7.11 Å². The summed E-state index contributed by atoms with van der Waals surface area (Å²) in [4.78, 5) is 24.4. The zero-order valence-electron chi connectivity index (χ0n) is 15.1. The molecule has 6 heteroatoms. The summed E-state index contributed by atoms with van der Waals surface area (Å²) < 4.78 is 18.0. The normalized spacial score (nSPS) is 10.6. The van der Waals surface area contributed by atoms with E-state index in [0.29, 0.717) is 28.1 Å². The maximum Gasteiger partial charge on any atom is 0.341 e. The predicted molar refractivity (Wildman–Crippen MR) is 103 cm³/mol. The monoisotopic (exact) mass is 377 g/mol. The van der Waals surface area contributed by atoms with Crippen LogP contribution in [0, 0.1) is 5.82 Å². The molecule has 0 unspecified atom stereocenters. The summed E-state index contributed by atoms with van der Waals surface area (Å²) >= 11 is 1.27. The second-order valence-electron chi connectivity index (χ2n) is 6.06. The van der Waals surface area contributed by atoms with Crippen molar-refractivity contribution in [1.82, 2.24) is 0 Å². The number of nitrogens with one attached hydrogen (secondary N) is 1. The molecule has 1 N–H and O–H groups in total. The summed E-state index contributed by atoms with van der Waals surface area (Å²) in [6.07, 6.45) is 5.75. The maximum atomic E-state index is 13.2. The molecule has 0 saturated heterocycles. The van der Waals surface area contributed by atoms with Crippen LogP contribution in [-0.4, -0.2) is 19.0 Å². The number of unbranched alkanes of at least 4 members (excludes halogenated alkanes) is 4. The van der Waals surface area contributed by atoms with Crippen LogP contribution < -0.4 is 5.32 Å². The summed E-state index contributed by atoms with van der Waals surface area (Å²) in [5.41, 5.74) is 1.63. The second-order valence-corrected chi connectivity index (χ2v) is 6.94. The van der Waals surface area contributed by atoms with Crippen molar-refractivity contribution in [2.45, 2.75) is 45.4 Å². The van der Waals surface area contributed by atoms with Crippen molar-refractivity contribution < 1.29 is 18.7 Å². The van der Waals surface area contributed by atoms with Gasteiger partial charge in [-0.15, -0.1) is 11.3 Å². The molecule has 0 atom stereocenters. The van der Waals surface area contributed by atoms with E-state index in [0.717, 1.165) is 25.7 Å². The summed E-state index contributed by atoms with van der Waals surface area (Å²) in [7, 11) is 1.30. The topological polar surface area (TPSA) is 55.4 Å². The first-order chi connectivity index (χ1) is 12.6. The molecular formula is C20H24FNO3S. The molecule has 1 aromatic carbocycles. The lowest BCUT2D eigenvalue weighted by molar-refractivity contribution is -0.116. The molecule has 2 rings (SSSR count). The number of carbonyl (C=O) groups excluding carboxylic acids is 2. The molecule has 0 fully saturated rings. The first kappa shape index (κ1) is 20.1. The van der Waals surface area contributed by atoms with Crippen molar-refractivity contribution in [3.63, 3.8) is 0 Å². The summed E-state index contributed by atoms with van der Waals surface area (Å²) in [5.74, 6) is -0.983. The Balaban J connectivity index is 2.12. The molecule has 1 aromatic heterocycles. The minimum absolute atomic E-state index is 0.112. The number of thiophene rings is 1. The third kappa shape index (κ3) is 5.39. The van der Waals surface area contributed by atoms with Gasteiger partial charge in [-0.2, -0.15) is 0 Å². The summed E-state index contributed by atoms with van der Waals surface area (Å²) in [6, 6.07) is 5.87. The van der Waals surface area contributed by atoms with Gasteiger partial charge in [-0.3, -0.25) is 4.79 Å². The van der Waals surface area contributed by atoms with E-state index in [1.165, 1.54) is 37.0 Å². The fourth-order valence-electron chi connectivity index (χ4n) is 2.67. The summed E-state index contributed by atoms with van der Waals surface area (Å²) in [6.45, 7) is 2.15. The molecule has 0 saturated carbocycles. The third-order valence-electron chi connectivity index (χ3n) is 4.10. The standard InChI is InChI=1S/C20H24FNO3S/c1-3-4-5-6-7-8-17(23)22-19-18(20(24)25-2)16(13-26-19)14-9-11-15(21)12-10-14/h9-13H,3-8H2,1-2H3,(H,22,23). The number of rotatable bonds is 9. The average molecular weight is 377 g/mol. The van der Waals surface area contributed by atoms with Gasteiger partial charge in [0, 0.05) is 17.4 Å². The first-order valence-corrected chi connectivity index (χ1v) is 9.70. The van der Waals surface area contributed by atoms with Gasteiger partial charge >= 0.3 is 5.97 Å². The van der Waals surface area contributed by atoms with E-state index in [2.05, 4.69) is 12.2 Å². The van der Waals surface area contributed by atoms with Gasteiger partial charge in [0.1, 0.15) is 16.4 Å². The highest BCUT2D eigenvalue weighted by Gasteiger charge is 2.22. The molecule has 0 aliphatic heterocycles. The van der Waals surface area contributed by atoms with Crippen LogP contribution in [0.2, 0.25) is 0 Å². The number of carbonyl (C=O) groups is 2. The Bertz CT molecular complexity index is 740. The Kier molecular flexibility index (Phi) is 7.78. The molecular weight excluding hydrogens is 353 g/mol. The van der Waals surface area contributed by atoms with Gasteiger partial charge in [0.2, 0.25) is 5.91 Å². The fraction of sp³-hybridized carbons (Fsp3) is 0.400. The first-order valence-electron chi connectivity index (χ1n) is 8.82. The fourth-order valence-corrected chi connectivity index (χ4v) is 3.65. The molecule has 4 nitrogen and oxygen atoms in total. The lowest BCUT2D eigenvalue weighted by Crippen LogP contribution is -2.13. The van der Waals surface area contributed by atoms with Crippen molar-refractivity contribution in [3.05, 3.63) is 41.0 Å². The molecule has 140 valence electrons. The number of methoxy groups -OCH3 is 1. The van der Waals surface area contributed by atoms with Gasteiger partial charge in [0.25, 0.3) is 0 Å². The van der Waals surface area contributed by atoms with Crippen LogP contribution in [0.15, 0.2) is 29.6 Å². The van der Waals surface area contributed by atoms with Crippen molar-refractivity contribution in [2.75, 3.05) is 12.4 Å². The number of amides is 1. The molecule has 0 bridgehead atoms. The van der Waals surface area contributed by atoms with Crippen molar-refractivity contribution in [3.8, 4) is 11.1 Å². The highest BCUT2D eigenvalue weighted by Crippen LogP contribution is 2.36. The van der Waals surface area contributed by atoms with Gasteiger partial charge < -0.3 is 10.1 Å². The molecule has 0 aliphatic rings. The lowest BCUT2D eigenvalue weighted by atomic mass is 10.0. The second kappa shape index (κ2) is 10.1. The van der Waals surface area contributed by atoms with Gasteiger partial charge in [-0.1, -0.05) is 44.7 Å². The van der Waals surface area contributed by atoms with Crippen molar-refractivity contribution in [2.24, 2.45) is 0 Å². The van der Waals surface area contributed by atoms with Crippen LogP contribution in [0.5, 0.6) is 0 Å². The SMILES string of the molecule is CCCCCCCC(=O)Nc1scc(-c2ccc(F)cc2)c1C(=O)OC. The van der Waals surface area contributed by atoms with E-state index in [4.69, 9.17) is 4.74 Å². The number of anilines is 1. The Labute approximate surface area is 157 Å². The van der Waals surface area contributed by atoms with Crippen LogP contribution in [-0.2, 0) is 9.53 Å². The Morgan fingerprint density at radius 2 is 1.81 bits per heavy atom. The van der Waals surface area contributed by atoms with Crippen LogP contribution in [0.1, 0.15) is 55.8 Å². The van der Waals surface area contributed by atoms with Crippen LogP contribution >= 0.6 is 11.3 Å². The predicted octanol–water partition coefficient (Wildman–Crippen LogP) is 5.64. The number of esters is 1. The average Bonchev–Trinajstić information content (AvgIpc) is 3.05. The smallest absolute Gasteiger partial charge is 0.341 e. The minimum atomic E-state index is -0.524. The van der Waals surface area contributed by atoms with E-state index in [9.17, 15) is 14.0 Å². The lowest BCUT2D eigenvalue weighted by Gasteiger charge is -2.08. The Morgan fingerprint density at radius 3 is 2.46 bits per heavy atom. The van der Waals surface area contributed by atoms with Crippen molar-refractivity contribution in [1.29, 1.82) is 0 Å². The molecule has 0 radical (unpaired) electrons. The molecule has 1 heterocycles. The van der Waals surface area contributed by atoms with E-state index in [1.54, 1.807) is 17.5 Å². The zero-order chi connectivity index (χ0) is 18.9. The largest absolute Gasteiger partial charge is 0.465 e.